The van der Waals surface area contributed by atoms with Gasteiger partial charge in [0.2, 0.25) is 5.91 Å². The summed E-state index contributed by atoms with van der Waals surface area (Å²) in [5, 5.41) is 6.24. The fourth-order valence-corrected chi connectivity index (χ4v) is 1.90. The Morgan fingerprint density at radius 2 is 2.05 bits per heavy atom. The molecule has 1 aliphatic rings. The Kier molecular flexibility index (Phi) is 10.6. The normalized spacial score (nSPS) is 14.8. The van der Waals surface area contributed by atoms with Crippen LogP contribution in [0.25, 0.3) is 0 Å². The first-order chi connectivity index (χ1) is 8.77. The first-order valence-corrected chi connectivity index (χ1v) is 6.68. The summed E-state index contributed by atoms with van der Waals surface area (Å²) >= 11 is 0. The molecule has 0 aromatic heterocycles. The maximum Gasteiger partial charge on any atom is 0.224 e. The maximum absolute atomic E-state index is 11.8. The summed E-state index contributed by atoms with van der Waals surface area (Å²) < 4.78 is 0. The Labute approximate surface area is 132 Å². The van der Waals surface area contributed by atoms with Crippen LogP contribution in [0.2, 0.25) is 0 Å². The van der Waals surface area contributed by atoms with E-state index in [4.69, 9.17) is 0 Å². The Bertz CT molecular complexity index is 301. The number of nitrogens with zero attached hydrogens (tertiary/aromatic N) is 2. The van der Waals surface area contributed by atoms with Gasteiger partial charge in [0.1, 0.15) is 0 Å². The minimum Gasteiger partial charge on any atom is -0.357 e. The van der Waals surface area contributed by atoms with Crippen LogP contribution in [0.4, 0.5) is 0 Å². The molecule has 0 aromatic carbocycles. The van der Waals surface area contributed by atoms with E-state index in [1.807, 2.05) is 11.8 Å². The summed E-state index contributed by atoms with van der Waals surface area (Å²) in [6.07, 6.45) is 4.55. The van der Waals surface area contributed by atoms with Gasteiger partial charge in [0.05, 0.1) is 6.54 Å². The number of likely N-dealkylation sites (tertiary alicyclic amines) is 1. The molecule has 19 heavy (non-hydrogen) atoms. The van der Waals surface area contributed by atoms with Gasteiger partial charge in [0.15, 0.2) is 5.96 Å². The van der Waals surface area contributed by atoms with Crippen molar-refractivity contribution in [2.75, 3.05) is 32.7 Å². The number of aliphatic imine (C=N–C) groups is 1. The van der Waals surface area contributed by atoms with E-state index < -0.39 is 0 Å². The minimum absolute atomic E-state index is 0. The molecule has 0 spiro atoms. The van der Waals surface area contributed by atoms with Crippen molar-refractivity contribution in [1.29, 1.82) is 0 Å². The van der Waals surface area contributed by atoms with Gasteiger partial charge in [0.25, 0.3) is 0 Å². The molecule has 0 unspecified atom stereocenters. The largest absolute Gasteiger partial charge is 0.357 e. The number of amides is 1. The van der Waals surface area contributed by atoms with Crippen LogP contribution in [0.3, 0.4) is 0 Å². The van der Waals surface area contributed by atoms with E-state index in [1.54, 1.807) is 6.08 Å². The van der Waals surface area contributed by atoms with E-state index in [2.05, 4.69) is 22.2 Å². The highest BCUT2D eigenvalue weighted by Gasteiger charge is 2.16. The first kappa shape index (κ1) is 18.2. The van der Waals surface area contributed by atoms with Crippen molar-refractivity contribution in [2.24, 2.45) is 4.99 Å². The summed E-state index contributed by atoms with van der Waals surface area (Å²) in [6, 6.07) is 0. The van der Waals surface area contributed by atoms with Crippen LogP contribution >= 0.6 is 24.0 Å². The van der Waals surface area contributed by atoms with Gasteiger partial charge in [-0.25, -0.2) is 0 Å². The zero-order valence-electron chi connectivity index (χ0n) is 11.7. The third-order valence-corrected chi connectivity index (χ3v) is 2.81. The van der Waals surface area contributed by atoms with Crippen molar-refractivity contribution in [3.63, 3.8) is 0 Å². The van der Waals surface area contributed by atoms with Gasteiger partial charge in [-0.2, -0.15) is 0 Å². The summed E-state index contributed by atoms with van der Waals surface area (Å²) in [5.41, 5.74) is 0. The molecule has 0 saturated carbocycles. The van der Waals surface area contributed by atoms with Gasteiger partial charge in [0, 0.05) is 32.6 Å². The second-order valence-electron chi connectivity index (χ2n) is 4.27. The highest BCUT2D eigenvalue weighted by molar-refractivity contribution is 14.0. The lowest BCUT2D eigenvalue weighted by Gasteiger charge is -2.14. The molecule has 1 heterocycles. The van der Waals surface area contributed by atoms with E-state index in [9.17, 15) is 4.79 Å². The zero-order chi connectivity index (χ0) is 13.2. The van der Waals surface area contributed by atoms with E-state index in [1.165, 1.54) is 0 Å². The first-order valence-electron chi connectivity index (χ1n) is 6.68. The summed E-state index contributed by atoms with van der Waals surface area (Å²) in [7, 11) is 0. The number of halogens is 1. The number of rotatable bonds is 6. The molecule has 0 aliphatic carbocycles. The fourth-order valence-electron chi connectivity index (χ4n) is 1.90. The smallest absolute Gasteiger partial charge is 0.224 e. The third-order valence-electron chi connectivity index (χ3n) is 2.81. The molecule has 2 N–H and O–H groups in total. The molecular weight excluding hydrogens is 355 g/mol. The van der Waals surface area contributed by atoms with Crippen molar-refractivity contribution in [1.82, 2.24) is 15.5 Å². The van der Waals surface area contributed by atoms with Gasteiger partial charge in [-0.15, -0.1) is 30.6 Å². The average molecular weight is 380 g/mol. The van der Waals surface area contributed by atoms with Crippen molar-refractivity contribution in [2.45, 2.75) is 26.2 Å². The lowest BCUT2D eigenvalue weighted by Crippen LogP contribution is -2.37. The number of hydrogen-bond acceptors (Lipinski definition) is 2. The second-order valence-corrected chi connectivity index (χ2v) is 4.27. The lowest BCUT2D eigenvalue weighted by molar-refractivity contribution is -0.129. The summed E-state index contributed by atoms with van der Waals surface area (Å²) in [4.78, 5) is 18.1. The molecule has 0 bridgehead atoms. The molecule has 5 nitrogen and oxygen atoms in total. The number of carbonyl (C=O) groups excluding carboxylic acids is 1. The van der Waals surface area contributed by atoms with Crippen LogP contribution in [0.15, 0.2) is 17.6 Å². The number of carbonyl (C=O) groups is 1. The molecule has 1 amide bonds. The molecule has 0 atom stereocenters. The monoisotopic (exact) mass is 380 g/mol. The van der Waals surface area contributed by atoms with Gasteiger partial charge in [-0.1, -0.05) is 6.08 Å². The Balaban J connectivity index is 0.00000324. The van der Waals surface area contributed by atoms with Crippen molar-refractivity contribution in [3.05, 3.63) is 12.7 Å². The number of nitrogens with one attached hydrogen (secondary N) is 2. The van der Waals surface area contributed by atoms with Crippen LogP contribution in [0.5, 0.6) is 0 Å². The van der Waals surface area contributed by atoms with Crippen LogP contribution in [-0.4, -0.2) is 49.5 Å². The van der Waals surface area contributed by atoms with Crippen LogP contribution in [0.1, 0.15) is 26.2 Å². The molecule has 1 aliphatic heterocycles. The molecule has 0 aromatic rings. The second kappa shape index (κ2) is 11.1. The molecular formula is C13H25IN4O. The zero-order valence-corrected chi connectivity index (χ0v) is 14.0. The molecule has 6 heteroatoms. The predicted octanol–water partition coefficient (Wildman–Crippen LogP) is 1.36. The standard InChI is InChI=1S/C13H24N4O.HI/c1-3-8-15-13(14-4-2)16-9-7-12(18)17-10-5-6-11-17;/h3H,1,4-11H2,2H3,(H2,14,15,16);1H. The molecule has 110 valence electrons. The molecule has 1 saturated heterocycles. The van der Waals surface area contributed by atoms with E-state index in [0.717, 1.165) is 38.4 Å². The third kappa shape index (κ3) is 7.39. The Morgan fingerprint density at radius 3 is 2.63 bits per heavy atom. The molecule has 0 radical (unpaired) electrons. The van der Waals surface area contributed by atoms with Crippen molar-refractivity contribution >= 4 is 35.8 Å². The van der Waals surface area contributed by atoms with E-state index in [0.29, 0.717) is 19.5 Å². The molecule has 1 rings (SSSR count). The highest BCUT2D eigenvalue weighted by Crippen LogP contribution is 2.08. The highest BCUT2D eigenvalue weighted by atomic mass is 127. The van der Waals surface area contributed by atoms with Gasteiger partial charge in [-0.05, 0) is 19.8 Å². The number of hydrogen-bond donors (Lipinski definition) is 2. The van der Waals surface area contributed by atoms with Crippen LogP contribution in [-0.2, 0) is 4.79 Å². The topological polar surface area (TPSA) is 56.7 Å². The van der Waals surface area contributed by atoms with Crippen LogP contribution < -0.4 is 10.6 Å². The van der Waals surface area contributed by atoms with E-state index >= 15 is 0 Å². The van der Waals surface area contributed by atoms with E-state index in [-0.39, 0.29) is 29.9 Å². The van der Waals surface area contributed by atoms with Gasteiger partial charge >= 0.3 is 0 Å². The summed E-state index contributed by atoms with van der Waals surface area (Å²) in [5.74, 6) is 0.961. The lowest BCUT2D eigenvalue weighted by atomic mass is 10.4. The number of guanidine groups is 1. The van der Waals surface area contributed by atoms with Crippen molar-refractivity contribution < 1.29 is 4.79 Å². The summed E-state index contributed by atoms with van der Waals surface area (Å²) in [6.45, 7) is 9.50. The van der Waals surface area contributed by atoms with Crippen LogP contribution in [0, 0.1) is 0 Å². The fraction of sp³-hybridized carbons (Fsp3) is 0.692. The predicted molar refractivity (Wildman–Crippen MR) is 90.0 cm³/mol. The van der Waals surface area contributed by atoms with Crippen molar-refractivity contribution in [3.8, 4) is 0 Å². The quantitative estimate of drug-likeness (QED) is 0.317. The van der Waals surface area contributed by atoms with Gasteiger partial charge < -0.3 is 15.5 Å². The Morgan fingerprint density at radius 1 is 1.37 bits per heavy atom. The minimum atomic E-state index is 0. The SMILES string of the molecule is C=CCNC(=NCCC(=O)N1CCCC1)NCC.I. The average Bonchev–Trinajstić information content (AvgIpc) is 2.89. The Hall–Kier alpha value is -0.790. The maximum atomic E-state index is 11.8. The van der Waals surface area contributed by atoms with Gasteiger partial charge in [-0.3, -0.25) is 9.79 Å². The molecule has 1 fully saturated rings.